The van der Waals surface area contributed by atoms with Crippen LogP contribution >= 0.6 is 0 Å². The van der Waals surface area contributed by atoms with Gasteiger partial charge in [0.1, 0.15) is 0 Å². The van der Waals surface area contributed by atoms with Crippen LogP contribution in [0.2, 0.25) is 0 Å². The highest BCUT2D eigenvalue weighted by Gasteiger charge is 2.08. The monoisotopic (exact) mass is 278 g/mol. The largest absolute Gasteiger partial charge is 0.463 e. The van der Waals surface area contributed by atoms with Gasteiger partial charge in [-0.3, -0.25) is 4.79 Å². The van der Waals surface area contributed by atoms with Gasteiger partial charge in [-0.25, -0.2) is 0 Å². The summed E-state index contributed by atoms with van der Waals surface area (Å²) in [6.45, 7) is 2.00. The van der Waals surface area contributed by atoms with Crippen LogP contribution in [0.25, 0.3) is 0 Å². The Morgan fingerprint density at radius 3 is 2.35 bits per heavy atom. The Balaban J connectivity index is 2.31. The first kappa shape index (κ1) is 17.0. The summed E-state index contributed by atoms with van der Waals surface area (Å²) in [5.74, 6) is -0.0166. The molecule has 0 bridgehead atoms. The molecule has 2 heteroatoms. The maximum absolute atomic E-state index is 11.6. The fourth-order valence-electron chi connectivity index (χ4n) is 2.43. The Labute approximate surface area is 124 Å². The molecule has 0 aromatic carbocycles. The fraction of sp³-hybridized carbons (Fsp3) is 0.722. The van der Waals surface area contributed by atoms with Gasteiger partial charge in [0.2, 0.25) is 0 Å². The Morgan fingerprint density at radius 1 is 0.900 bits per heavy atom. The van der Waals surface area contributed by atoms with E-state index >= 15 is 0 Å². The lowest BCUT2D eigenvalue weighted by Crippen LogP contribution is -2.14. The maximum atomic E-state index is 11.6. The van der Waals surface area contributed by atoms with E-state index < -0.39 is 0 Å². The summed E-state index contributed by atoms with van der Waals surface area (Å²) >= 11 is 0. The standard InChI is InChI=1S/C18H30O2/c1-17-15-13-11-9-7-5-3-2-4-6-8-10-12-14-16-18(19)20-17/h2-3,7,9,17H,4-6,8,10-16H2,1H3. The molecule has 1 atom stereocenters. The highest BCUT2D eigenvalue weighted by atomic mass is 16.5. The smallest absolute Gasteiger partial charge is 0.306 e. The summed E-state index contributed by atoms with van der Waals surface area (Å²) in [6.07, 6.45) is 21.0. The van der Waals surface area contributed by atoms with E-state index in [0.717, 1.165) is 38.5 Å². The lowest BCUT2D eigenvalue weighted by atomic mass is 10.1. The van der Waals surface area contributed by atoms with Crippen LogP contribution < -0.4 is 0 Å². The van der Waals surface area contributed by atoms with Crippen molar-refractivity contribution in [1.82, 2.24) is 0 Å². The summed E-state index contributed by atoms with van der Waals surface area (Å²) in [4.78, 5) is 11.6. The molecule has 0 fully saturated rings. The normalized spacial score (nSPS) is 24.6. The number of rotatable bonds is 0. The van der Waals surface area contributed by atoms with Gasteiger partial charge >= 0.3 is 5.97 Å². The van der Waals surface area contributed by atoms with Gasteiger partial charge in [0.15, 0.2) is 0 Å². The molecule has 1 rings (SSSR count). The van der Waals surface area contributed by atoms with Gasteiger partial charge in [-0.05, 0) is 51.9 Å². The predicted octanol–water partition coefficient (Wildman–Crippen LogP) is 5.34. The Morgan fingerprint density at radius 2 is 1.55 bits per heavy atom. The van der Waals surface area contributed by atoms with Crippen molar-refractivity contribution in [2.75, 3.05) is 0 Å². The summed E-state index contributed by atoms with van der Waals surface area (Å²) in [6, 6.07) is 0. The van der Waals surface area contributed by atoms with E-state index in [1.54, 1.807) is 0 Å². The number of allylic oxidation sites excluding steroid dienone is 4. The number of esters is 1. The van der Waals surface area contributed by atoms with Crippen molar-refractivity contribution in [3.63, 3.8) is 0 Å². The van der Waals surface area contributed by atoms with Crippen LogP contribution in [-0.4, -0.2) is 12.1 Å². The second kappa shape index (κ2) is 11.7. The van der Waals surface area contributed by atoms with E-state index in [4.69, 9.17) is 4.74 Å². The maximum Gasteiger partial charge on any atom is 0.306 e. The minimum Gasteiger partial charge on any atom is -0.463 e. The molecule has 1 aliphatic rings. The van der Waals surface area contributed by atoms with Crippen molar-refractivity contribution < 1.29 is 9.53 Å². The van der Waals surface area contributed by atoms with Crippen LogP contribution in [0, 0.1) is 0 Å². The van der Waals surface area contributed by atoms with Gasteiger partial charge in [-0.2, -0.15) is 0 Å². The highest BCUT2D eigenvalue weighted by Crippen LogP contribution is 2.11. The van der Waals surface area contributed by atoms with Crippen LogP contribution in [0.4, 0.5) is 0 Å². The van der Waals surface area contributed by atoms with Gasteiger partial charge in [-0.1, -0.05) is 43.6 Å². The average molecular weight is 278 g/mol. The fourth-order valence-corrected chi connectivity index (χ4v) is 2.43. The lowest BCUT2D eigenvalue weighted by Gasteiger charge is -2.12. The molecule has 0 aliphatic carbocycles. The molecular formula is C18H30O2. The van der Waals surface area contributed by atoms with Gasteiger partial charge in [-0.15, -0.1) is 0 Å². The zero-order valence-corrected chi connectivity index (χ0v) is 13.0. The number of ether oxygens (including phenoxy) is 1. The van der Waals surface area contributed by atoms with Crippen LogP contribution in [0.3, 0.4) is 0 Å². The van der Waals surface area contributed by atoms with Gasteiger partial charge in [0.25, 0.3) is 0 Å². The minimum absolute atomic E-state index is 0.0166. The minimum atomic E-state index is -0.0166. The summed E-state index contributed by atoms with van der Waals surface area (Å²) in [7, 11) is 0. The number of carbonyl (C=O) groups is 1. The van der Waals surface area contributed by atoms with Crippen molar-refractivity contribution >= 4 is 5.97 Å². The quantitative estimate of drug-likeness (QED) is 0.442. The number of hydrogen-bond donors (Lipinski definition) is 0. The lowest BCUT2D eigenvalue weighted by molar-refractivity contribution is -0.148. The van der Waals surface area contributed by atoms with Gasteiger partial charge in [0, 0.05) is 6.42 Å². The third-order valence-electron chi connectivity index (χ3n) is 3.67. The highest BCUT2D eigenvalue weighted by molar-refractivity contribution is 5.69. The zero-order valence-electron chi connectivity index (χ0n) is 13.0. The Hall–Kier alpha value is -1.05. The first-order valence-electron chi connectivity index (χ1n) is 8.28. The first-order valence-corrected chi connectivity index (χ1v) is 8.28. The van der Waals surface area contributed by atoms with Gasteiger partial charge < -0.3 is 4.74 Å². The zero-order chi connectivity index (χ0) is 14.5. The van der Waals surface area contributed by atoms with Crippen LogP contribution in [0.15, 0.2) is 24.3 Å². The van der Waals surface area contributed by atoms with E-state index in [0.29, 0.717) is 6.42 Å². The van der Waals surface area contributed by atoms with Crippen LogP contribution in [-0.2, 0) is 9.53 Å². The van der Waals surface area contributed by atoms with E-state index in [9.17, 15) is 4.79 Å². The molecule has 1 heterocycles. The molecule has 0 aromatic rings. The second-order valence-electron chi connectivity index (χ2n) is 5.72. The van der Waals surface area contributed by atoms with Crippen molar-refractivity contribution in [2.24, 2.45) is 0 Å². The van der Waals surface area contributed by atoms with Crippen LogP contribution in [0.1, 0.15) is 77.6 Å². The second-order valence-corrected chi connectivity index (χ2v) is 5.72. The third kappa shape index (κ3) is 9.82. The van der Waals surface area contributed by atoms with E-state index in [1.807, 2.05) is 6.92 Å². The molecular weight excluding hydrogens is 248 g/mol. The predicted molar refractivity (Wildman–Crippen MR) is 84.6 cm³/mol. The van der Waals surface area contributed by atoms with Gasteiger partial charge in [0.05, 0.1) is 6.10 Å². The Bertz CT molecular complexity index is 305. The molecule has 1 aliphatic heterocycles. The molecule has 0 radical (unpaired) electrons. The SMILES string of the molecule is CC1CCCC=CCC=CCCCCCCCC(=O)O1. The molecule has 2 nitrogen and oxygen atoms in total. The van der Waals surface area contributed by atoms with Crippen molar-refractivity contribution in [2.45, 2.75) is 83.7 Å². The molecule has 0 N–H and O–H groups in total. The third-order valence-corrected chi connectivity index (χ3v) is 3.67. The molecule has 0 saturated heterocycles. The Kier molecular flexibility index (Phi) is 9.99. The van der Waals surface area contributed by atoms with Crippen molar-refractivity contribution in [3.05, 3.63) is 24.3 Å². The van der Waals surface area contributed by atoms with Crippen molar-refractivity contribution in [1.29, 1.82) is 0 Å². The topological polar surface area (TPSA) is 26.3 Å². The van der Waals surface area contributed by atoms with E-state index in [-0.39, 0.29) is 12.1 Å². The molecule has 0 spiro atoms. The molecule has 0 amide bonds. The van der Waals surface area contributed by atoms with E-state index in [2.05, 4.69) is 24.3 Å². The van der Waals surface area contributed by atoms with Crippen molar-refractivity contribution in [3.8, 4) is 0 Å². The molecule has 0 saturated carbocycles. The molecule has 0 aromatic heterocycles. The average Bonchev–Trinajstić information content (AvgIpc) is 2.42. The first-order chi connectivity index (χ1) is 9.79. The van der Waals surface area contributed by atoms with Crippen LogP contribution in [0.5, 0.6) is 0 Å². The summed E-state index contributed by atoms with van der Waals surface area (Å²) in [5, 5.41) is 0. The van der Waals surface area contributed by atoms with E-state index in [1.165, 1.54) is 25.7 Å². The summed E-state index contributed by atoms with van der Waals surface area (Å²) < 4.78 is 5.42. The molecule has 1 unspecified atom stereocenters. The number of hydrogen-bond acceptors (Lipinski definition) is 2. The summed E-state index contributed by atoms with van der Waals surface area (Å²) in [5.41, 5.74) is 0. The molecule has 114 valence electrons. The number of carbonyl (C=O) groups excluding carboxylic acids is 1. The number of cyclic esters (lactones) is 1. The molecule has 20 heavy (non-hydrogen) atoms.